The molecule has 4 heteroatoms. The second-order valence-corrected chi connectivity index (χ2v) is 18.8. The van der Waals surface area contributed by atoms with Crippen LogP contribution >= 0.6 is 0 Å². The molecule has 0 radical (unpaired) electrons. The van der Waals surface area contributed by atoms with E-state index in [0.29, 0.717) is 0 Å². The molecule has 73 heavy (non-hydrogen) atoms. The molecule has 0 unspecified atom stereocenters. The highest BCUT2D eigenvalue weighted by molar-refractivity contribution is 6.11. The molecule has 11 aromatic carbocycles. The molecule has 3 heterocycles. The van der Waals surface area contributed by atoms with Crippen molar-refractivity contribution in [3.63, 3.8) is 0 Å². The van der Waals surface area contributed by atoms with Crippen LogP contribution in [-0.4, -0.2) is 9.55 Å². The predicted molar refractivity (Wildman–Crippen MR) is 305 cm³/mol. The summed E-state index contributed by atoms with van der Waals surface area (Å²) in [4.78, 5) is 6.95. The van der Waals surface area contributed by atoms with Crippen LogP contribution in [0.3, 0.4) is 0 Å². The lowest BCUT2D eigenvalue weighted by molar-refractivity contribution is 0.669. The van der Waals surface area contributed by atoms with Crippen molar-refractivity contribution in [1.29, 1.82) is 0 Å². The normalized spacial score (nSPS) is 11.6. The van der Waals surface area contributed by atoms with Crippen molar-refractivity contribution < 1.29 is 4.42 Å². The number of fused-ring (bicyclic) bond motifs is 7. The van der Waals surface area contributed by atoms with Gasteiger partial charge in [-0.1, -0.05) is 152 Å². The van der Waals surface area contributed by atoms with Gasteiger partial charge in [-0.05, 0) is 171 Å². The highest BCUT2D eigenvalue weighted by atomic mass is 16.3. The minimum atomic E-state index is 0.886. The monoisotopic (exact) mass is 931 g/mol. The van der Waals surface area contributed by atoms with Crippen molar-refractivity contribution in [2.24, 2.45) is 0 Å². The van der Waals surface area contributed by atoms with Gasteiger partial charge in [0, 0.05) is 56.1 Å². The number of anilines is 3. The lowest BCUT2D eigenvalue weighted by Gasteiger charge is -2.26. The van der Waals surface area contributed by atoms with E-state index in [9.17, 15) is 0 Å². The third-order valence-electron chi connectivity index (χ3n) is 14.4. The smallest absolute Gasteiger partial charge is 0.135 e. The van der Waals surface area contributed by atoms with Gasteiger partial charge in [0.25, 0.3) is 0 Å². The Morgan fingerprint density at radius 1 is 0.301 bits per heavy atom. The SMILES string of the molecule is c1ccc(-c2ccc(N(c3ccccc3)c3ccc4cc(-c5cc(-c6ccc7oc8ccccc8c7c6)cc(-c6ccc7c8ccccc8n(-c8ccc(-c9ccccn9)cc8)c7c6)c5)ccc4c3)cc2)cc1. The number of benzene rings is 11. The Balaban J connectivity index is 0.893. The van der Waals surface area contributed by atoms with Gasteiger partial charge in [-0.15, -0.1) is 0 Å². The van der Waals surface area contributed by atoms with Crippen molar-refractivity contribution in [1.82, 2.24) is 9.55 Å². The Kier molecular flexibility index (Phi) is 10.1. The first-order valence-electron chi connectivity index (χ1n) is 24.8. The Bertz CT molecular complexity index is 4350. The van der Waals surface area contributed by atoms with Crippen molar-refractivity contribution in [2.75, 3.05) is 4.90 Å². The Labute approximate surface area is 422 Å². The van der Waals surface area contributed by atoms with Gasteiger partial charge in [0.05, 0.1) is 16.7 Å². The summed E-state index contributed by atoms with van der Waals surface area (Å²) >= 11 is 0. The number of pyridine rings is 1. The second-order valence-electron chi connectivity index (χ2n) is 18.8. The van der Waals surface area contributed by atoms with E-state index in [1.54, 1.807) is 0 Å². The van der Waals surface area contributed by atoms with Crippen LogP contribution in [-0.2, 0) is 0 Å². The number of furan rings is 1. The van der Waals surface area contributed by atoms with Crippen LogP contribution in [0.2, 0.25) is 0 Å². The molecule has 0 aliphatic rings. The molecule has 0 atom stereocenters. The molecule has 0 N–H and O–H groups in total. The summed E-state index contributed by atoms with van der Waals surface area (Å²) in [5.74, 6) is 0. The van der Waals surface area contributed by atoms with E-state index >= 15 is 0 Å². The highest BCUT2D eigenvalue weighted by Gasteiger charge is 2.18. The summed E-state index contributed by atoms with van der Waals surface area (Å²) in [5.41, 5.74) is 19.8. The van der Waals surface area contributed by atoms with Crippen LogP contribution in [0.5, 0.6) is 0 Å². The molecule has 0 aliphatic heterocycles. The zero-order valence-electron chi connectivity index (χ0n) is 39.7. The third-order valence-corrected chi connectivity index (χ3v) is 14.4. The van der Waals surface area contributed by atoms with Crippen LogP contribution in [0.1, 0.15) is 0 Å². The summed E-state index contributed by atoms with van der Waals surface area (Å²) in [7, 11) is 0. The summed E-state index contributed by atoms with van der Waals surface area (Å²) in [6.45, 7) is 0. The number of hydrogen-bond donors (Lipinski definition) is 0. The second kappa shape index (κ2) is 17.6. The largest absolute Gasteiger partial charge is 0.456 e. The molecule has 0 bridgehead atoms. The van der Waals surface area contributed by atoms with E-state index in [-0.39, 0.29) is 0 Å². The molecule has 0 spiro atoms. The number of rotatable bonds is 9. The molecule has 14 rings (SSSR count). The van der Waals surface area contributed by atoms with E-state index < -0.39 is 0 Å². The summed E-state index contributed by atoms with van der Waals surface area (Å²) in [5, 5.41) is 7.00. The van der Waals surface area contributed by atoms with E-state index in [1.807, 2.05) is 30.5 Å². The number of nitrogens with zero attached hydrogens (tertiary/aromatic N) is 3. The standard InChI is InChI=1S/C69H45N3O/c1-3-13-46(14-4-1)47-24-31-58(32-25-47)71(57-15-5-2-6-16-57)60-35-28-49-39-50(22-23-51(49)43-60)54-40-55(52-30-37-69-64(44-52)63-18-8-10-21-68(63)73-69)42-56(41-54)53-29-36-62-61-17-7-9-20-66(61)72(67(62)45-53)59-33-26-48(27-34-59)65-19-11-12-38-70-65/h1-45H. The molecule has 0 saturated carbocycles. The van der Waals surface area contributed by atoms with Crippen molar-refractivity contribution in [2.45, 2.75) is 0 Å². The molecule has 0 aliphatic carbocycles. The Morgan fingerprint density at radius 3 is 1.63 bits per heavy atom. The minimum absolute atomic E-state index is 0.886. The number of aromatic nitrogens is 2. The molecule has 3 aromatic heterocycles. The maximum atomic E-state index is 6.30. The quantitative estimate of drug-likeness (QED) is 0.145. The number of hydrogen-bond acceptors (Lipinski definition) is 3. The fraction of sp³-hybridized carbons (Fsp3) is 0. The van der Waals surface area contributed by atoms with E-state index in [2.05, 4.69) is 257 Å². The van der Waals surface area contributed by atoms with Crippen LogP contribution in [0.25, 0.3) is 116 Å². The molecule has 0 fully saturated rings. The lowest BCUT2D eigenvalue weighted by atomic mass is 9.91. The van der Waals surface area contributed by atoms with Gasteiger partial charge >= 0.3 is 0 Å². The van der Waals surface area contributed by atoms with Gasteiger partial charge < -0.3 is 13.9 Å². The predicted octanol–water partition coefficient (Wildman–Crippen LogP) is 19.0. The average Bonchev–Trinajstić information content (AvgIpc) is 4.01. The molecular weight excluding hydrogens is 887 g/mol. The van der Waals surface area contributed by atoms with E-state index in [4.69, 9.17) is 4.42 Å². The van der Waals surface area contributed by atoms with Crippen LogP contribution in [0.4, 0.5) is 17.1 Å². The van der Waals surface area contributed by atoms with Gasteiger partial charge in [0.15, 0.2) is 0 Å². The highest BCUT2D eigenvalue weighted by Crippen LogP contribution is 2.42. The van der Waals surface area contributed by atoms with Gasteiger partial charge in [-0.25, -0.2) is 0 Å². The molecular formula is C69H45N3O. The maximum Gasteiger partial charge on any atom is 0.135 e. The first-order valence-corrected chi connectivity index (χ1v) is 24.8. The van der Waals surface area contributed by atoms with Crippen LogP contribution < -0.4 is 4.90 Å². The molecule has 14 aromatic rings. The zero-order valence-corrected chi connectivity index (χ0v) is 39.7. The first kappa shape index (κ1) is 42.1. The minimum Gasteiger partial charge on any atom is -0.456 e. The third kappa shape index (κ3) is 7.61. The van der Waals surface area contributed by atoms with Gasteiger partial charge in [0.2, 0.25) is 0 Å². The molecule has 0 amide bonds. The molecule has 342 valence electrons. The van der Waals surface area contributed by atoms with Crippen molar-refractivity contribution in [3.8, 4) is 61.5 Å². The number of para-hydroxylation sites is 3. The Morgan fingerprint density at radius 2 is 0.849 bits per heavy atom. The van der Waals surface area contributed by atoms with Crippen molar-refractivity contribution in [3.05, 3.63) is 273 Å². The Hall–Kier alpha value is -9.77. The lowest BCUT2D eigenvalue weighted by Crippen LogP contribution is -2.09. The zero-order chi connectivity index (χ0) is 48.2. The molecule has 4 nitrogen and oxygen atoms in total. The summed E-state index contributed by atoms with van der Waals surface area (Å²) in [6, 6.07) is 96.2. The fourth-order valence-corrected chi connectivity index (χ4v) is 10.8. The average molecular weight is 932 g/mol. The van der Waals surface area contributed by atoms with Crippen LogP contribution in [0, 0.1) is 0 Å². The van der Waals surface area contributed by atoms with Gasteiger partial charge in [-0.2, -0.15) is 0 Å². The summed E-state index contributed by atoms with van der Waals surface area (Å²) < 4.78 is 8.70. The topological polar surface area (TPSA) is 34.2 Å². The van der Waals surface area contributed by atoms with Gasteiger partial charge in [0.1, 0.15) is 11.2 Å². The van der Waals surface area contributed by atoms with E-state index in [0.717, 1.165) is 94.8 Å². The summed E-state index contributed by atoms with van der Waals surface area (Å²) in [6.07, 6.45) is 1.85. The first-order chi connectivity index (χ1) is 36.1. The molecule has 0 saturated heterocycles. The maximum absolute atomic E-state index is 6.30. The van der Waals surface area contributed by atoms with Gasteiger partial charge in [-0.3, -0.25) is 4.98 Å². The van der Waals surface area contributed by atoms with Crippen LogP contribution in [0.15, 0.2) is 278 Å². The van der Waals surface area contributed by atoms with Crippen molar-refractivity contribution >= 4 is 71.6 Å². The fourth-order valence-electron chi connectivity index (χ4n) is 10.8. The van der Waals surface area contributed by atoms with E-state index in [1.165, 1.54) is 38.2 Å².